The van der Waals surface area contributed by atoms with Crippen LogP contribution in [0, 0.1) is 0 Å². The standard InChI is InChI=1S/C25H33N3O3/c1-25(2,3)31-24(30)26-17-20-14-13-19(16-22(20)27(4)5)23(29)28-15-9-8-11-18-10-6-7-12-21(18)28/h6-7,10,12-14,16H,8-9,11,15,17H2,1-5H3,(H,26,30). The van der Waals surface area contributed by atoms with Crippen molar-refractivity contribution in [3.8, 4) is 0 Å². The first kappa shape index (κ1) is 22.7. The number of nitrogens with zero attached hydrogens (tertiary/aromatic N) is 2. The molecule has 0 unspecified atom stereocenters. The monoisotopic (exact) mass is 423 g/mol. The highest BCUT2D eigenvalue weighted by Crippen LogP contribution is 2.29. The SMILES string of the molecule is CN(C)c1cc(C(=O)N2CCCCc3ccccc32)ccc1CNC(=O)OC(C)(C)C. The van der Waals surface area contributed by atoms with E-state index in [1.165, 1.54) is 5.56 Å². The molecule has 0 bridgehead atoms. The van der Waals surface area contributed by atoms with Gasteiger partial charge < -0.3 is 19.9 Å². The average Bonchev–Trinajstić information content (AvgIpc) is 2.93. The van der Waals surface area contributed by atoms with Crippen molar-refractivity contribution in [3.63, 3.8) is 0 Å². The summed E-state index contributed by atoms with van der Waals surface area (Å²) in [6.45, 7) is 6.54. The van der Waals surface area contributed by atoms with Crippen molar-refractivity contribution in [2.45, 2.75) is 52.2 Å². The van der Waals surface area contributed by atoms with Crippen LogP contribution < -0.4 is 15.1 Å². The van der Waals surface area contributed by atoms with Gasteiger partial charge >= 0.3 is 6.09 Å². The minimum atomic E-state index is -0.547. The van der Waals surface area contributed by atoms with Crippen LogP contribution in [0.25, 0.3) is 0 Å². The Morgan fingerprint density at radius 3 is 2.55 bits per heavy atom. The van der Waals surface area contributed by atoms with E-state index >= 15 is 0 Å². The first-order valence-corrected chi connectivity index (χ1v) is 10.8. The molecule has 0 fully saturated rings. The largest absolute Gasteiger partial charge is 0.444 e. The molecule has 0 atom stereocenters. The van der Waals surface area contributed by atoms with E-state index in [4.69, 9.17) is 4.74 Å². The molecule has 6 nitrogen and oxygen atoms in total. The highest BCUT2D eigenvalue weighted by molar-refractivity contribution is 6.07. The number of amides is 2. The zero-order valence-electron chi connectivity index (χ0n) is 19.2. The Morgan fingerprint density at radius 2 is 1.84 bits per heavy atom. The second-order valence-electron chi connectivity index (χ2n) is 9.14. The number of ether oxygens (including phenoxy) is 1. The van der Waals surface area contributed by atoms with Gasteiger partial charge in [0, 0.05) is 44.1 Å². The van der Waals surface area contributed by atoms with Crippen molar-refractivity contribution in [2.24, 2.45) is 0 Å². The molecule has 2 aromatic carbocycles. The molecular formula is C25H33N3O3. The Labute approximate surface area is 185 Å². The number of anilines is 2. The minimum Gasteiger partial charge on any atom is -0.444 e. The highest BCUT2D eigenvalue weighted by atomic mass is 16.6. The fraction of sp³-hybridized carbons (Fsp3) is 0.440. The van der Waals surface area contributed by atoms with Crippen molar-refractivity contribution in [1.29, 1.82) is 0 Å². The number of alkyl carbamates (subject to hydrolysis) is 1. The second kappa shape index (κ2) is 9.41. The molecule has 0 saturated carbocycles. The van der Waals surface area contributed by atoms with Gasteiger partial charge in [-0.3, -0.25) is 4.79 Å². The van der Waals surface area contributed by atoms with Gasteiger partial charge in [-0.25, -0.2) is 4.79 Å². The maximum atomic E-state index is 13.4. The Morgan fingerprint density at radius 1 is 1.10 bits per heavy atom. The van der Waals surface area contributed by atoms with Crippen molar-refractivity contribution < 1.29 is 14.3 Å². The van der Waals surface area contributed by atoms with Crippen LogP contribution in [0.4, 0.5) is 16.2 Å². The number of aryl methyl sites for hydroxylation is 1. The molecule has 1 N–H and O–H groups in total. The van der Waals surface area contributed by atoms with Crippen molar-refractivity contribution in [3.05, 3.63) is 59.2 Å². The molecule has 3 rings (SSSR count). The van der Waals surface area contributed by atoms with Gasteiger partial charge in [0.05, 0.1) is 0 Å². The van der Waals surface area contributed by atoms with Gasteiger partial charge in [0.15, 0.2) is 0 Å². The number of nitrogens with one attached hydrogen (secondary N) is 1. The Bertz CT molecular complexity index is 947. The number of hydrogen-bond donors (Lipinski definition) is 1. The topological polar surface area (TPSA) is 61.9 Å². The van der Waals surface area contributed by atoms with Crippen LogP contribution in [0.1, 0.15) is 55.1 Å². The summed E-state index contributed by atoms with van der Waals surface area (Å²) >= 11 is 0. The van der Waals surface area contributed by atoms with Crippen LogP contribution in [-0.2, 0) is 17.7 Å². The maximum Gasteiger partial charge on any atom is 0.407 e. The summed E-state index contributed by atoms with van der Waals surface area (Å²) in [5.74, 6) is 0.00380. The summed E-state index contributed by atoms with van der Waals surface area (Å²) in [5.41, 5.74) is 4.13. The van der Waals surface area contributed by atoms with Crippen molar-refractivity contribution in [2.75, 3.05) is 30.4 Å². The third-order valence-corrected chi connectivity index (χ3v) is 5.24. The molecule has 1 aliphatic rings. The summed E-state index contributed by atoms with van der Waals surface area (Å²) in [6, 6.07) is 13.8. The summed E-state index contributed by atoms with van der Waals surface area (Å²) in [6.07, 6.45) is 2.61. The molecule has 0 aromatic heterocycles. The molecule has 0 radical (unpaired) electrons. The Balaban J connectivity index is 1.82. The summed E-state index contributed by atoms with van der Waals surface area (Å²) in [4.78, 5) is 29.3. The van der Waals surface area contributed by atoms with Gasteiger partial charge in [-0.05, 0) is 69.4 Å². The van der Waals surface area contributed by atoms with E-state index in [1.807, 2.05) is 81.1 Å². The lowest BCUT2D eigenvalue weighted by atomic mass is 10.1. The van der Waals surface area contributed by atoms with Crippen LogP contribution in [-0.4, -0.2) is 38.2 Å². The molecular weight excluding hydrogens is 390 g/mol. The fourth-order valence-corrected chi connectivity index (χ4v) is 3.80. The smallest absolute Gasteiger partial charge is 0.407 e. The van der Waals surface area contributed by atoms with E-state index in [9.17, 15) is 9.59 Å². The van der Waals surface area contributed by atoms with E-state index in [1.54, 1.807) is 0 Å². The van der Waals surface area contributed by atoms with E-state index in [0.29, 0.717) is 12.1 Å². The molecule has 0 aliphatic carbocycles. The molecule has 31 heavy (non-hydrogen) atoms. The summed E-state index contributed by atoms with van der Waals surface area (Å²) < 4.78 is 5.32. The number of para-hydroxylation sites is 1. The lowest BCUT2D eigenvalue weighted by Gasteiger charge is -2.25. The fourth-order valence-electron chi connectivity index (χ4n) is 3.80. The second-order valence-corrected chi connectivity index (χ2v) is 9.14. The third kappa shape index (κ3) is 5.78. The molecule has 0 spiro atoms. The molecule has 166 valence electrons. The molecule has 1 aliphatic heterocycles. The van der Waals surface area contributed by atoms with E-state index < -0.39 is 11.7 Å². The molecule has 1 heterocycles. The van der Waals surface area contributed by atoms with Gasteiger partial charge in [0.2, 0.25) is 0 Å². The normalized spacial score (nSPS) is 13.8. The molecule has 2 aromatic rings. The van der Waals surface area contributed by atoms with Gasteiger partial charge in [-0.15, -0.1) is 0 Å². The van der Waals surface area contributed by atoms with Gasteiger partial charge in [0.25, 0.3) is 5.91 Å². The maximum absolute atomic E-state index is 13.4. The number of hydrogen-bond acceptors (Lipinski definition) is 4. The van der Waals surface area contributed by atoms with Gasteiger partial charge in [-0.2, -0.15) is 0 Å². The van der Waals surface area contributed by atoms with Crippen LogP contribution in [0.2, 0.25) is 0 Å². The summed E-state index contributed by atoms with van der Waals surface area (Å²) in [7, 11) is 3.86. The van der Waals surface area contributed by atoms with E-state index in [0.717, 1.165) is 42.7 Å². The molecule has 2 amide bonds. The Kier molecular flexibility index (Phi) is 6.88. The van der Waals surface area contributed by atoms with E-state index in [2.05, 4.69) is 11.4 Å². The predicted molar refractivity (Wildman–Crippen MR) is 125 cm³/mol. The summed E-state index contributed by atoms with van der Waals surface area (Å²) in [5, 5.41) is 2.80. The predicted octanol–water partition coefficient (Wildman–Crippen LogP) is 4.76. The van der Waals surface area contributed by atoms with Crippen molar-refractivity contribution >= 4 is 23.4 Å². The number of carbonyl (C=O) groups excluding carboxylic acids is 2. The first-order chi connectivity index (χ1) is 14.7. The lowest BCUT2D eigenvalue weighted by molar-refractivity contribution is 0.0523. The van der Waals surface area contributed by atoms with Crippen LogP contribution in [0.5, 0.6) is 0 Å². The number of fused-ring (bicyclic) bond motifs is 1. The average molecular weight is 424 g/mol. The van der Waals surface area contributed by atoms with Gasteiger partial charge in [0.1, 0.15) is 5.60 Å². The molecule has 6 heteroatoms. The van der Waals surface area contributed by atoms with Crippen LogP contribution in [0.15, 0.2) is 42.5 Å². The lowest BCUT2D eigenvalue weighted by Crippen LogP contribution is -2.33. The molecule has 0 saturated heterocycles. The first-order valence-electron chi connectivity index (χ1n) is 10.8. The Hall–Kier alpha value is -3.02. The number of rotatable bonds is 4. The quantitative estimate of drug-likeness (QED) is 0.770. The third-order valence-electron chi connectivity index (χ3n) is 5.24. The zero-order chi connectivity index (χ0) is 22.6. The van der Waals surface area contributed by atoms with Crippen LogP contribution >= 0.6 is 0 Å². The number of benzene rings is 2. The minimum absolute atomic E-state index is 0.00380. The van der Waals surface area contributed by atoms with Crippen LogP contribution in [0.3, 0.4) is 0 Å². The zero-order valence-corrected chi connectivity index (χ0v) is 19.2. The number of carbonyl (C=O) groups is 2. The van der Waals surface area contributed by atoms with E-state index in [-0.39, 0.29) is 5.91 Å². The van der Waals surface area contributed by atoms with Crippen molar-refractivity contribution in [1.82, 2.24) is 5.32 Å². The highest BCUT2D eigenvalue weighted by Gasteiger charge is 2.23. The van der Waals surface area contributed by atoms with Gasteiger partial charge in [-0.1, -0.05) is 24.3 Å².